The van der Waals surface area contributed by atoms with Gasteiger partial charge in [-0.3, -0.25) is 9.69 Å². The fourth-order valence-electron chi connectivity index (χ4n) is 3.29. The molecule has 0 fully saturated rings. The van der Waals surface area contributed by atoms with E-state index in [4.69, 9.17) is 9.15 Å². The topological polar surface area (TPSA) is 72.6 Å². The zero-order valence-electron chi connectivity index (χ0n) is 15.1. The molecular formula is C22H14N2O4S. The maximum absolute atomic E-state index is 13.1. The Hall–Kier alpha value is -3.58. The van der Waals surface area contributed by atoms with Crippen LogP contribution in [0.5, 0.6) is 0 Å². The monoisotopic (exact) mass is 402 g/mol. The molecule has 0 unspecified atom stereocenters. The second-order valence-electron chi connectivity index (χ2n) is 6.35. The number of anilines is 2. The summed E-state index contributed by atoms with van der Waals surface area (Å²) in [5.74, 6) is -0.948. The second kappa shape index (κ2) is 7.10. The Bertz CT molecular complexity index is 1200. The number of oxazole rings is 1. The maximum Gasteiger partial charge on any atom is 0.340 e. The summed E-state index contributed by atoms with van der Waals surface area (Å²) in [6.07, 6.45) is 1.27. The molecule has 6 nitrogen and oxygen atoms in total. The lowest BCUT2D eigenvalue weighted by Crippen LogP contribution is -2.32. The number of esters is 1. The number of carbonyl (C=O) groups is 2. The SMILES string of the molecule is O=C(OCC(=O)N1c2ccccc2Sc2ccccc21)c1cccc2ocnc12. The van der Waals surface area contributed by atoms with Crippen LogP contribution in [0.3, 0.4) is 0 Å². The Morgan fingerprint density at radius 3 is 2.34 bits per heavy atom. The molecule has 3 aromatic carbocycles. The summed E-state index contributed by atoms with van der Waals surface area (Å²) in [6.45, 7) is -0.388. The van der Waals surface area contributed by atoms with Gasteiger partial charge in [0.15, 0.2) is 18.6 Å². The van der Waals surface area contributed by atoms with Crippen LogP contribution >= 0.6 is 11.8 Å². The quantitative estimate of drug-likeness (QED) is 0.458. The first kappa shape index (κ1) is 17.5. The lowest BCUT2D eigenvalue weighted by Gasteiger charge is -2.30. The first-order valence-electron chi connectivity index (χ1n) is 8.90. The minimum atomic E-state index is -0.620. The summed E-state index contributed by atoms with van der Waals surface area (Å²) in [7, 11) is 0. The van der Waals surface area contributed by atoms with Gasteiger partial charge in [-0.1, -0.05) is 42.1 Å². The van der Waals surface area contributed by atoms with E-state index in [0.717, 1.165) is 21.2 Å². The summed E-state index contributed by atoms with van der Waals surface area (Å²) in [4.78, 5) is 33.2. The largest absolute Gasteiger partial charge is 0.452 e. The number of amides is 1. The molecule has 0 bridgehead atoms. The van der Waals surface area contributed by atoms with Gasteiger partial charge in [0.25, 0.3) is 5.91 Å². The van der Waals surface area contributed by atoms with E-state index in [2.05, 4.69) is 4.98 Å². The van der Waals surface area contributed by atoms with Crippen LogP contribution in [-0.2, 0) is 9.53 Å². The van der Waals surface area contributed by atoms with Crippen LogP contribution in [0.15, 0.2) is 87.3 Å². The number of hydrogen-bond acceptors (Lipinski definition) is 6. The van der Waals surface area contributed by atoms with Crippen molar-refractivity contribution in [2.75, 3.05) is 11.5 Å². The number of nitrogens with zero attached hydrogens (tertiary/aromatic N) is 2. The summed E-state index contributed by atoms with van der Waals surface area (Å²) >= 11 is 1.61. The van der Waals surface area contributed by atoms with E-state index >= 15 is 0 Å². The van der Waals surface area contributed by atoms with E-state index in [9.17, 15) is 9.59 Å². The number of ether oxygens (including phenoxy) is 1. The summed E-state index contributed by atoms with van der Waals surface area (Å²) < 4.78 is 10.5. The van der Waals surface area contributed by atoms with Crippen molar-refractivity contribution in [2.45, 2.75) is 9.79 Å². The van der Waals surface area contributed by atoms with Crippen molar-refractivity contribution in [1.82, 2.24) is 4.98 Å². The molecule has 0 atom stereocenters. The van der Waals surface area contributed by atoms with Crippen molar-refractivity contribution in [1.29, 1.82) is 0 Å². The molecule has 0 N–H and O–H groups in total. The maximum atomic E-state index is 13.1. The van der Waals surface area contributed by atoms with E-state index in [1.54, 1.807) is 34.9 Å². The third-order valence-electron chi connectivity index (χ3n) is 4.59. The van der Waals surface area contributed by atoms with Crippen molar-refractivity contribution >= 4 is 46.1 Å². The highest BCUT2D eigenvalue weighted by Gasteiger charge is 2.28. The van der Waals surface area contributed by atoms with Gasteiger partial charge in [0.05, 0.1) is 16.9 Å². The highest BCUT2D eigenvalue weighted by atomic mass is 32.2. The number of para-hydroxylation sites is 3. The second-order valence-corrected chi connectivity index (χ2v) is 7.43. The average Bonchev–Trinajstić information content (AvgIpc) is 3.24. The predicted octanol–water partition coefficient (Wildman–Crippen LogP) is 4.81. The van der Waals surface area contributed by atoms with Crippen LogP contribution in [-0.4, -0.2) is 23.5 Å². The van der Waals surface area contributed by atoms with Gasteiger partial charge in [0, 0.05) is 9.79 Å². The molecule has 0 spiro atoms. The van der Waals surface area contributed by atoms with Gasteiger partial charge in [-0.05, 0) is 36.4 Å². The molecule has 1 aliphatic rings. The Morgan fingerprint density at radius 2 is 1.62 bits per heavy atom. The van der Waals surface area contributed by atoms with Crippen LogP contribution in [0.4, 0.5) is 11.4 Å². The summed E-state index contributed by atoms with van der Waals surface area (Å²) in [5, 5.41) is 0. The summed E-state index contributed by atoms with van der Waals surface area (Å²) in [6, 6.07) is 20.3. The average molecular weight is 402 g/mol. The van der Waals surface area contributed by atoms with Gasteiger partial charge >= 0.3 is 5.97 Å². The zero-order chi connectivity index (χ0) is 19.8. The third kappa shape index (κ3) is 3.05. The highest BCUT2D eigenvalue weighted by Crippen LogP contribution is 2.47. The highest BCUT2D eigenvalue weighted by molar-refractivity contribution is 7.99. The van der Waals surface area contributed by atoms with E-state index in [-0.39, 0.29) is 18.1 Å². The molecule has 29 heavy (non-hydrogen) atoms. The number of benzene rings is 3. The van der Waals surface area contributed by atoms with Crippen LogP contribution < -0.4 is 4.90 Å². The zero-order valence-corrected chi connectivity index (χ0v) is 15.9. The number of fused-ring (bicyclic) bond motifs is 3. The molecule has 0 saturated heterocycles. The predicted molar refractivity (Wildman–Crippen MR) is 108 cm³/mol. The van der Waals surface area contributed by atoms with E-state index in [0.29, 0.717) is 11.1 Å². The molecule has 0 saturated carbocycles. The minimum absolute atomic E-state index is 0.263. The smallest absolute Gasteiger partial charge is 0.340 e. The standard InChI is InChI=1S/C22H14N2O4S/c25-20(12-27-22(26)14-6-5-9-17-21(14)23-13-28-17)24-15-7-1-3-10-18(15)29-19-11-4-2-8-16(19)24/h1-11,13H,12H2. The van der Waals surface area contributed by atoms with Gasteiger partial charge in [-0.25, -0.2) is 9.78 Å². The van der Waals surface area contributed by atoms with Crippen LogP contribution in [0, 0.1) is 0 Å². The van der Waals surface area contributed by atoms with E-state index in [1.807, 2.05) is 48.5 Å². The van der Waals surface area contributed by atoms with Gasteiger partial charge in [-0.15, -0.1) is 0 Å². The fraction of sp³-hybridized carbons (Fsp3) is 0.0455. The van der Waals surface area contributed by atoms with Gasteiger partial charge in [-0.2, -0.15) is 0 Å². The van der Waals surface area contributed by atoms with Crippen LogP contribution in [0.2, 0.25) is 0 Å². The molecule has 0 aliphatic carbocycles. The van der Waals surface area contributed by atoms with Crippen molar-refractivity contribution in [3.63, 3.8) is 0 Å². The Labute approximate surface area is 170 Å². The van der Waals surface area contributed by atoms with Crippen LogP contribution in [0.25, 0.3) is 11.1 Å². The molecule has 5 rings (SSSR count). The first-order valence-corrected chi connectivity index (χ1v) is 9.72. The Balaban J connectivity index is 1.41. The molecule has 1 aromatic heterocycles. The summed E-state index contributed by atoms with van der Waals surface area (Å²) in [5.41, 5.74) is 2.71. The number of hydrogen-bond donors (Lipinski definition) is 0. The van der Waals surface area contributed by atoms with E-state index in [1.165, 1.54) is 6.39 Å². The first-order chi connectivity index (χ1) is 14.2. The van der Waals surface area contributed by atoms with Crippen LogP contribution in [0.1, 0.15) is 10.4 Å². The van der Waals surface area contributed by atoms with E-state index < -0.39 is 5.97 Å². The molecular weight excluding hydrogens is 388 g/mol. The van der Waals surface area contributed by atoms with Gasteiger partial charge in [0.2, 0.25) is 0 Å². The van der Waals surface area contributed by atoms with Crippen molar-refractivity contribution in [3.8, 4) is 0 Å². The molecule has 1 amide bonds. The number of aromatic nitrogens is 1. The molecule has 7 heteroatoms. The molecule has 0 radical (unpaired) electrons. The van der Waals surface area contributed by atoms with Gasteiger partial charge < -0.3 is 9.15 Å². The van der Waals surface area contributed by atoms with Crippen molar-refractivity contribution in [3.05, 3.63) is 78.7 Å². The molecule has 1 aliphatic heterocycles. The third-order valence-corrected chi connectivity index (χ3v) is 5.72. The number of carbonyl (C=O) groups excluding carboxylic acids is 2. The minimum Gasteiger partial charge on any atom is -0.452 e. The van der Waals surface area contributed by atoms with Gasteiger partial charge in [0.1, 0.15) is 5.52 Å². The molecule has 142 valence electrons. The van der Waals surface area contributed by atoms with Crippen molar-refractivity contribution in [2.24, 2.45) is 0 Å². The lowest BCUT2D eigenvalue weighted by molar-refractivity contribution is -0.121. The lowest BCUT2D eigenvalue weighted by atomic mass is 10.2. The Morgan fingerprint density at radius 1 is 0.931 bits per heavy atom. The molecule has 2 heterocycles. The number of rotatable bonds is 3. The fourth-order valence-corrected chi connectivity index (χ4v) is 4.35. The normalized spacial score (nSPS) is 12.3. The molecule has 4 aromatic rings. The van der Waals surface area contributed by atoms with Crippen molar-refractivity contribution < 1.29 is 18.7 Å². The Kier molecular flexibility index (Phi) is 4.29.